The van der Waals surface area contributed by atoms with Crippen LogP contribution in [0.1, 0.15) is 23.6 Å². The van der Waals surface area contributed by atoms with Gasteiger partial charge in [0.15, 0.2) is 0 Å². The molecule has 0 fully saturated rings. The second-order valence-electron chi connectivity index (χ2n) is 4.62. The summed E-state index contributed by atoms with van der Waals surface area (Å²) in [6.45, 7) is 2.40. The molecule has 5 nitrogen and oxygen atoms in total. The molecule has 0 unspecified atom stereocenters. The van der Waals surface area contributed by atoms with Crippen LogP contribution in [-0.2, 0) is 13.0 Å². The van der Waals surface area contributed by atoms with Crippen LogP contribution in [0, 0.1) is 21.4 Å². The van der Waals surface area contributed by atoms with Crippen molar-refractivity contribution in [3.63, 3.8) is 0 Å². The van der Waals surface area contributed by atoms with Crippen LogP contribution < -0.4 is 5.32 Å². The van der Waals surface area contributed by atoms with E-state index < -0.39 is 0 Å². The van der Waals surface area contributed by atoms with Crippen molar-refractivity contribution in [2.75, 3.05) is 5.32 Å². The zero-order valence-electron chi connectivity index (χ0n) is 11.7. The van der Waals surface area contributed by atoms with Gasteiger partial charge in [-0.2, -0.15) is 5.26 Å². The Kier molecular flexibility index (Phi) is 4.52. The standard InChI is InChI=1S/C16H15N3O2/c1-2-14-6-7-15(9-16(14)19(20)21)18-11-13-5-3-4-12(8-13)10-17/h3-9,18H,2,11H2,1H3. The lowest BCUT2D eigenvalue weighted by molar-refractivity contribution is -0.385. The molecule has 0 aliphatic carbocycles. The molecule has 0 aromatic heterocycles. The summed E-state index contributed by atoms with van der Waals surface area (Å²) in [6, 6.07) is 14.5. The van der Waals surface area contributed by atoms with E-state index in [4.69, 9.17) is 5.26 Å². The Balaban J connectivity index is 2.15. The second kappa shape index (κ2) is 6.53. The molecular weight excluding hydrogens is 266 g/mol. The Morgan fingerprint density at radius 1 is 1.29 bits per heavy atom. The zero-order chi connectivity index (χ0) is 15.2. The summed E-state index contributed by atoms with van der Waals surface area (Å²) in [5, 5.41) is 23.0. The third kappa shape index (κ3) is 3.57. The molecule has 1 N–H and O–H groups in total. The molecular formula is C16H15N3O2. The average Bonchev–Trinajstić information content (AvgIpc) is 2.52. The van der Waals surface area contributed by atoms with E-state index in [0.29, 0.717) is 24.2 Å². The van der Waals surface area contributed by atoms with E-state index in [1.54, 1.807) is 24.3 Å². The molecule has 0 saturated carbocycles. The van der Waals surface area contributed by atoms with Crippen LogP contribution in [0.5, 0.6) is 0 Å². The van der Waals surface area contributed by atoms with Gasteiger partial charge in [0, 0.05) is 23.9 Å². The van der Waals surface area contributed by atoms with Crippen LogP contribution in [0.15, 0.2) is 42.5 Å². The molecule has 0 radical (unpaired) electrons. The highest BCUT2D eigenvalue weighted by molar-refractivity contribution is 5.55. The number of nitro benzene ring substituents is 1. The van der Waals surface area contributed by atoms with Crippen LogP contribution in [0.4, 0.5) is 11.4 Å². The summed E-state index contributed by atoms with van der Waals surface area (Å²) in [5.74, 6) is 0. The van der Waals surface area contributed by atoms with Crippen LogP contribution in [-0.4, -0.2) is 4.92 Å². The minimum absolute atomic E-state index is 0.133. The fraction of sp³-hybridized carbons (Fsp3) is 0.188. The van der Waals surface area contributed by atoms with Gasteiger partial charge in [-0.15, -0.1) is 0 Å². The molecule has 0 aliphatic heterocycles. The average molecular weight is 281 g/mol. The predicted molar refractivity (Wildman–Crippen MR) is 81.0 cm³/mol. The van der Waals surface area contributed by atoms with E-state index in [1.807, 2.05) is 25.1 Å². The lowest BCUT2D eigenvalue weighted by Gasteiger charge is -2.08. The number of hydrogen-bond donors (Lipinski definition) is 1. The first kappa shape index (κ1) is 14.5. The first-order valence-corrected chi connectivity index (χ1v) is 6.64. The van der Waals surface area contributed by atoms with Gasteiger partial charge in [-0.05, 0) is 30.2 Å². The fourth-order valence-electron chi connectivity index (χ4n) is 2.10. The Labute approximate surface area is 123 Å². The molecule has 0 aliphatic rings. The maximum Gasteiger partial charge on any atom is 0.274 e. The van der Waals surface area contributed by atoms with Gasteiger partial charge < -0.3 is 5.32 Å². The molecule has 0 heterocycles. The van der Waals surface area contributed by atoms with Gasteiger partial charge in [0.2, 0.25) is 0 Å². The zero-order valence-corrected chi connectivity index (χ0v) is 11.7. The van der Waals surface area contributed by atoms with Gasteiger partial charge in [-0.3, -0.25) is 10.1 Å². The highest BCUT2D eigenvalue weighted by atomic mass is 16.6. The minimum Gasteiger partial charge on any atom is -0.381 e. The van der Waals surface area contributed by atoms with Crippen molar-refractivity contribution in [2.24, 2.45) is 0 Å². The van der Waals surface area contributed by atoms with Crippen molar-refractivity contribution < 1.29 is 4.92 Å². The van der Waals surface area contributed by atoms with Gasteiger partial charge in [0.25, 0.3) is 5.69 Å². The van der Waals surface area contributed by atoms with Crippen molar-refractivity contribution in [3.05, 3.63) is 69.3 Å². The molecule has 0 saturated heterocycles. The van der Waals surface area contributed by atoms with Crippen molar-refractivity contribution in [1.82, 2.24) is 0 Å². The topological polar surface area (TPSA) is 79.0 Å². The summed E-state index contributed by atoms with van der Waals surface area (Å²) < 4.78 is 0. The van der Waals surface area contributed by atoms with Gasteiger partial charge in [0.05, 0.1) is 16.6 Å². The number of aryl methyl sites for hydroxylation is 1. The van der Waals surface area contributed by atoms with Crippen molar-refractivity contribution in [1.29, 1.82) is 5.26 Å². The summed E-state index contributed by atoms with van der Waals surface area (Å²) in [4.78, 5) is 10.7. The van der Waals surface area contributed by atoms with E-state index in [1.165, 1.54) is 0 Å². The Bertz CT molecular complexity index is 705. The van der Waals surface area contributed by atoms with Crippen molar-refractivity contribution in [2.45, 2.75) is 19.9 Å². The third-order valence-electron chi connectivity index (χ3n) is 3.22. The molecule has 0 amide bonds. The first-order chi connectivity index (χ1) is 10.1. The largest absolute Gasteiger partial charge is 0.381 e. The molecule has 2 aromatic carbocycles. The lowest BCUT2D eigenvalue weighted by Crippen LogP contribution is -2.01. The van der Waals surface area contributed by atoms with E-state index >= 15 is 0 Å². The van der Waals surface area contributed by atoms with E-state index in [-0.39, 0.29) is 10.6 Å². The SMILES string of the molecule is CCc1ccc(NCc2cccc(C#N)c2)cc1[N+](=O)[O-]. The van der Waals surface area contributed by atoms with Crippen molar-refractivity contribution >= 4 is 11.4 Å². The van der Waals surface area contributed by atoms with Gasteiger partial charge in [0.1, 0.15) is 0 Å². The summed E-state index contributed by atoms with van der Waals surface area (Å²) in [5.41, 5.74) is 3.10. The minimum atomic E-state index is -0.361. The summed E-state index contributed by atoms with van der Waals surface area (Å²) in [7, 11) is 0. The Morgan fingerprint density at radius 2 is 2.10 bits per heavy atom. The highest BCUT2D eigenvalue weighted by Gasteiger charge is 2.12. The predicted octanol–water partition coefficient (Wildman–Crippen LogP) is 3.64. The molecule has 0 bridgehead atoms. The van der Waals surface area contributed by atoms with E-state index in [0.717, 1.165) is 11.1 Å². The first-order valence-electron chi connectivity index (χ1n) is 6.64. The number of hydrogen-bond acceptors (Lipinski definition) is 4. The highest BCUT2D eigenvalue weighted by Crippen LogP contribution is 2.24. The molecule has 0 spiro atoms. The maximum absolute atomic E-state index is 11.0. The second-order valence-corrected chi connectivity index (χ2v) is 4.62. The summed E-state index contributed by atoms with van der Waals surface area (Å²) in [6.07, 6.45) is 0.626. The summed E-state index contributed by atoms with van der Waals surface area (Å²) >= 11 is 0. The number of anilines is 1. The van der Waals surface area contributed by atoms with Crippen LogP contribution in [0.25, 0.3) is 0 Å². The monoisotopic (exact) mass is 281 g/mol. The number of nitrogens with zero attached hydrogens (tertiary/aromatic N) is 2. The Morgan fingerprint density at radius 3 is 2.76 bits per heavy atom. The molecule has 21 heavy (non-hydrogen) atoms. The molecule has 5 heteroatoms. The smallest absolute Gasteiger partial charge is 0.274 e. The molecule has 106 valence electrons. The van der Waals surface area contributed by atoms with Crippen LogP contribution in [0.2, 0.25) is 0 Å². The van der Waals surface area contributed by atoms with E-state index in [9.17, 15) is 10.1 Å². The third-order valence-corrected chi connectivity index (χ3v) is 3.22. The molecule has 0 atom stereocenters. The van der Waals surface area contributed by atoms with Gasteiger partial charge in [-0.25, -0.2) is 0 Å². The fourth-order valence-corrected chi connectivity index (χ4v) is 2.10. The van der Waals surface area contributed by atoms with Gasteiger partial charge >= 0.3 is 0 Å². The quantitative estimate of drug-likeness (QED) is 0.670. The number of nitrogens with one attached hydrogen (secondary N) is 1. The van der Waals surface area contributed by atoms with Crippen LogP contribution >= 0.6 is 0 Å². The van der Waals surface area contributed by atoms with Crippen LogP contribution in [0.3, 0.4) is 0 Å². The maximum atomic E-state index is 11.0. The van der Waals surface area contributed by atoms with Crippen molar-refractivity contribution in [3.8, 4) is 6.07 Å². The number of nitriles is 1. The Hall–Kier alpha value is -2.87. The van der Waals surface area contributed by atoms with Gasteiger partial charge in [-0.1, -0.05) is 25.1 Å². The number of nitro groups is 1. The molecule has 2 aromatic rings. The number of rotatable bonds is 5. The van der Waals surface area contributed by atoms with E-state index in [2.05, 4.69) is 11.4 Å². The number of benzene rings is 2. The normalized spacial score (nSPS) is 9.90. The molecule has 2 rings (SSSR count). The lowest BCUT2D eigenvalue weighted by atomic mass is 10.1.